The fourth-order valence-electron chi connectivity index (χ4n) is 2.84. The predicted molar refractivity (Wildman–Crippen MR) is 111 cm³/mol. The van der Waals surface area contributed by atoms with E-state index in [2.05, 4.69) is 9.78 Å². The van der Waals surface area contributed by atoms with Crippen LogP contribution in [-0.4, -0.2) is 30.7 Å². The monoisotopic (exact) mass is 446 g/mol. The van der Waals surface area contributed by atoms with Gasteiger partial charge in [-0.05, 0) is 52.0 Å². The van der Waals surface area contributed by atoms with Gasteiger partial charge in [-0.1, -0.05) is 34.4 Å². The van der Waals surface area contributed by atoms with Gasteiger partial charge in [-0.3, -0.25) is 9.78 Å². The van der Waals surface area contributed by atoms with Crippen molar-refractivity contribution >= 4 is 18.1 Å². The molecule has 0 aliphatic heterocycles. The molecule has 2 rings (SSSR count). The Balaban J connectivity index is 1.73. The second-order valence-corrected chi connectivity index (χ2v) is 7.31. The largest absolute Gasteiger partial charge is 0.513 e. The van der Waals surface area contributed by atoms with E-state index in [1.54, 1.807) is 24.3 Å². The van der Waals surface area contributed by atoms with E-state index in [9.17, 15) is 14.4 Å². The number of carbonyl (C=O) groups excluding carboxylic acids is 3. The SMILES string of the molecule is Cc1cc(C)cc(C(=O)OOC(C)OC(=O)OC(C)OOC(=O)c2cc(C)cc(C)c2)c1. The first-order valence-electron chi connectivity index (χ1n) is 9.82. The Morgan fingerprint density at radius 1 is 0.594 bits per heavy atom. The number of ether oxygens (including phenoxy) is 2. The van der Waals surface area contributed by atoms with Crippen molar-refractivity contribution in [3.8, 4) is 0 Å². The molecule has 9 nitrogen and oxygen atoms in total. The zero-order chi connectivity index (χ0) is 23.8. The molecule has 2 unspecified atom stereocenters. The van der Waals surface area contributed by atoms with Crippen molar-refractivity contribution in [3.05, 3.63) is 69.8 Å². The summed E-state index contributed by atoms with van der Waals surface area (Å²) in [5, 5.41) is 0. The Morgan fingerprint density at radius 2 is 0.906 bits per heavy atom. The molecule has 2 aromatic rings. The van der Waals surface area contributed by atoms with Crippen LogP contribution in [0.3, 0.4) is 0 Å². The first-order chi connectivity index (χ1) is 15.0. The summed E-state index contributed by atoms with van der Waals surface area (Å²) in [4.78, 5) is 54.8. The second-order valence-electron chi connectivity index (χ2n) is 7.31. The molecule has 0 N–H and O–H groups in total. The van der Waals surface area contributed by atoms with Gasteiger partial charge in [-0.15, -0.1) is 9.78 Å². The van der Waals surface area contributed by atoms with Crippen LogP contribution >= 0.6 is 0 Å². The maximum absolute atomic E-state index is 12.0. The van der Waals surface area contributed by atoms with Gasteiger partial charge in [-0.25, -0.2) is 14.4 Å². The average Bonchev–Trinajstić information content (AvgIpc) is 2.68. The van der Waals surface area contributed by atoms with Crippen molar-refractivity contribution in [2.75, 3.05) is 0 Å². The highest BCUT2D eigenvalue weighted by atomic mass is 17.2. The van der Waals surface area contributed by atoms with Crippen molar-refractivity contribution in [1.29, 1.82) is 0 Å². The third-order valence-electron chi connectivity index (χ3n) is 3.96. The Labute approximate surface area is 186 Å². The average molecular weight is 446 g/mol. The quantitative estimate of drug-likeness (QED) is 0.248. The fraction of sp³-hybridized carbons (Fsp3) is 0.348. The molecule has 0 bridgehead atoms. The third kappa shape index (κ3) is 8.01. The molecule has 0 amide bonds. The summed E-state index contributed by atoms with van der Waals surface area (Å²) >= 11 is 0. The summed E-state index contributed by atoms with van der Waals surface area (Å²) in [6.45, 7) is 10.0. The van der Waals surface area contributed by atoms with Crippen molar-refractivity contribution in [2.24, 2.45) is 0 Å². The molecular formula is C23H26O9. The molecule has 0 radical (unpaired) electrons. The van der Waals surface area contributed by atoms with Gasteiger partial charge in [0.25, 0.3) is 0 Å². The molecule has 0 saturated carbocycles. The van der Waals surface area contributed by atoms with Crippen LogP contribution < -0.4 is 0 Å². The summed E-state index contributed by atoms with van der Waals surface area (Å²) in [5.41, 5.74) is 4.14. The van der Waals surface area contributed by atoms with E-state index >= 15 is 0 Å². The lowest BCUT2D eigenvalue weighted by Gasteiger charge is -2.15. The number of carbonyl (C=O) groups is 3. The Hall–Kier alpha value is -3.43. The zero-order valence-electron chi connectivity index (χ0n) is 18.8. The van der Waals surface area contributed by atoms with Gasteiger partial charge < -0.3 is 9.47 Å². The number of hydrogen-bond donors (Lipinski definition) is 0. The van der Waals surface area contributed by atoms with E-state index < -0.39 is 30.7 Å². The van der Waals surface area contributed by atoms with Gasteiger partial charge in [0.1, 0.15) is 0 Å². The molecule has 0 fully saturated rings. The van der Waals surface area contributed by atoms with E-state index in [1.165, 1.54) is 13.8 Å². The molecule has 2 atom stereocenters. The van der Waals surface area contributed by atoms with E-state index in [4.69, 9.17) is 19.2 Å². The van der Waals surface area contributed by atoms with Crippen LogP contribution in [0.15, 0.2) is 36.4 Å². The number of aryl methyl sites for hydroxylation is 4. The zero-order valence-corrected chi connectivity index (χ0v) is 18.8. The minimum atomic E-state index is -1.26. The number of benzene rings is 2. The highest BCUT2D eigenvalue weighted by Gasteiger charge is 2.20. The molecule has 9 heteroatoms. The van der Waals surface area contributed by atoms with Crippen LogP contribution in [0, 0.1) is 27.7 Å². The molecule has 172 valence electrons. The van der Waals surface area contributed by atoms with Crippen molar-refractivity contribution in [1.82, 2.24) is 0 Å². The number of rotatable bonds is 8. The predicted octanol–water partition coefficient (Wildman–Crippen LogP) is 4.64. The summed E-state index contributed by atoms with van der Waals surface area (Å²) in [6.07, 6.45) is -3.71. The molecule has 0 spiro atoms. The normalized spacial score (nSPS) is 12.4. The molecular weight excluding hydrogens is 420 g/mol. The number of hydrogen-bond acceptors (Lipinski definition) is 9. The highest BCUT2D eigenvalue weighted by molar-refractivity contribution is 5.89. The minimum Gasteiger partial charge on any atom is -0.401 e. The van der Waals surface area contributed by atoms with Crippen LogP contribution in [0.25, 0.3) is 0 Å². The highest BCUT2D eigenvalue weighted by Crippen LogP contribution is 2.13. The lowest BCUT2D eigenvalue weighted by Crippen LogP contribution is -2.25. The van der Waals surface area contributed by atoms with Crippen LogP contribution in [0.5, 0.6) is 0 Å². The van der Waals surface area contributed by atoms with Gasteiger partial charge >= 0.3 is 18.1 Å². The first-order valence-corrected chi connectivity index (χ1v) is 9.82. The smallest absolute Gasteiger partial charge is 0.401 e. The molecule has 0 heterocycles. The standard InChI is InChI=1S/C23H26O9/c1-13-7-14(2)10-19(9-13)21(24)31-29-17(5)27-23(26)28-18(6)30-32-22(25)20-11-15(3)8-16(4)12-20/h7-12,17-18H,1-6H3. The summed E-state index contributed by atoms with van der Waals surface area (Å²) < 4.78 is 9.59. The van der Waals surface area contributed by atoms with E-state index in [1.807, 2.05) is 39.8 Å². The lowest BCUT2D eigenvalue weighted by molar-refractivity contribution is -0.340. The Kier molecular flexibility index (Phi) is 8.74. The van der Waals surface area contributed by atoms with Gasteiger partial charge in [0.2, 0.25) is 12.6 Å². The molecule has 2 aromatic carbocycles. The summed E-state index contributed by atoms with van der Waals surface area (Å²) in [5.74, 6) is -1.48. The molecule has 0 aliphatic rings. The molecule has 0 aromatic heterocycles. The van der Waals surface area contributed by atoms with Crippen LogP contribution in [0.1, 0.15) is 56.8 Å². The Morgan fingerprint density at radius 3 is 1.22 bits per heavy atom. The molecule has 32 heavy (non-hydrogen) atoms. The summed E-state index contributed by atoms with van der Waals surface area (Å²) in [7, 11) is 0. The van der Waals surface area contributed by atoms with Crippen LogP contribution in [-0.2, 0) is 29.0 Å². The van der Waals surface area contributed by atoms with E-state index in [-0.39, 0.29) is 0 Å². The lowest BCUT2D eigenvalue weighted by atomic mass is 10.1. The third-order valence-corrected chi connectivity index (χ3v) is 3.96. The maximum Gasteiger partial charge on any atom is 0.513 e. The van der Waals surface area contributed by atoms with Gasteiger partial charge in [0, 0.05) is 13.8 Å². The van der Waals surface area contributed by atoms with Crippen LogP contribution in [0.4, 0.5) is 4.79 Å². The van der Waals surface area contributed by atoms with Crippen molar-refractivity contribution in [2.45, 2.75) is 54.1 Å². The van der Waals surface area contributed by atoms with Gasteiger partial charge in [0.05, 0.1) is 11.1 Å². The van der Waals surface area contributed by atoms with Crippen molar-refractivity contribution in [3.63, 3.8) is 0 Å². The maximum atomic E-state index is 12.0. The topological polar surface area (TPSA) is 107 Å². The molecule has 0 saturated heterocycles. The summed E-state index contributed by atoms with van der Waals surface area (Å²) in [6, 6.07) is 10.4. The van der Waals surface area contributed by atoms with Gasteiger partial charge in [-0.2, -0.15) is 0 Å². The van der Waals surface area contributed by atoms with E-state index in [0.29, 0.717) is 11.1 Å². The fourth-order valence-corrected chi connectivity index (χ4v) is 2.84. The minimum absolute atomic E-state index is 0.296. The molecule has 0 aliphatic carbocycles. The Bertz CT molecular complexity index is 865. The first kappa shape index (κ1) is 24.8. The van der Waals surface area contributed by atoms with Crippen molar-refractivity contribution < 1.29 is 43.4 Å². The van der Waals surface area contributed by atoms with Gasteiger partial charge in [0.15, 0.2) is 0 Å². The second kappa shape index (κ2) is 11.3. The van der Waals surface area contributed by atoms with Crippen LogP contribution in [0.2, 0.25) is 0 Å². The van der Waals surface area contributed by atoms with E-state index in [0.717, 1.165) is 22.3 Å².